The second-order valence-electron chi connectivity index (χ2n) is 4.59. The molecule has 1 amide bonds. The molecule has 0 aromatic rings. The lowest BCUT2D eigenvalue weighted by atomic mass is 9.94. The maximum Gasteiger partial charge on any atom is 0.238 e. The predicted molar refractivity (Wildman–Crippen MR) is 70.6 cm³/mol. The number of hydrogen-bond acceptors (Lipinski definition) is 3. The number of carbonyl (C=O) groups excluding carboxylic acids is 1. The number of carbonyl (C=O) groups is 1. The molecule has 0 saturated heterocycles. The lowest BCUT2D eigenvalue weighted by molar-refractivity contribution is -0.124. The van der Waals surface area contributed by atoms with Gasteiger partial charge in [-0.05, 0) is 43.9 Å². The van der Waals surface area contributed by atoms with Gasteiger partial charge in [0.1, 0.15) is 5.54 Å². The average Bonchev–Trinajstić information content (AvgIpc) is 3.07. The quantitative estimate of drug-likeness (QED) is 0.608. The molecule has 0 aromatic heterocycles. The highest BCUT2D eigenvalue weighted by Gasteiger charge is 2.49. The highest BCUT2D eigenvalue weighted by Crippen LogP contribution is 2.41. The van der Waals surface area contributed by atoms with Crippen molar-refractivity contribution < 1.29 is 4.79 Å². The van der Waals surface area contributed by atoms with Gasteiger partial charge < -0.3 is 11.1 Å². The molecule has 3 nitrogen and oxygen atoms in total. The van der Waals surface area contributed by atoms with Crippen LogP contribution in [0.1, 0.15) is 39.5 Å². The molecule has 3 N–H and O–H groups in total. The summed E-state index contributed by atoms with van der Waals surface area (Å²) in [5.74, 6) is 2.25. The van der Waals surface area contributed by atoms with Crippen molar-refractivity contribution in [2.75, 3.05) is 18.1 Å². The summed E-state index contributed by atoms with van der Waals surface area (Å²) in [4.78, 5) is 11.7. The number of thioether (sulfide) groups is 1. The van der Waals surface area contributed by atoms with Crippen molar-refractivity contribution in [2.45, 2.75) is 45.1 Å². The van der Waals surface area contributed by atoms with Gasteiger partial charge in [0.05, 0.1) is 0 Å². The maximum absolute atomic E-state index is 11.7. The molecule has 0 spiro atoms. The molecule has 16 heavy (non-hydrogen) atoms. The van der Waals surface area contributed by atoms with Crippen LogP contribution >= 0.6 is 11.8 Å². The first kappa shape index (κ1) is 13.8. The lowest BCUT2D eigenvalue weighted by Crippen LogP contribution is -2.59. The van der Waals surface area contributed by atoms with E-state index in [0.717, 1.165) is 43.7 Å². The zero-order chi connectivity index (χ0) is 12.0. The van der Waals surface area contributed by atoms with Crippen LogP contribution in [0, 0.1) is 5.92 Å². The number of nitrogens with one attached hydrogen (secondary N) is 1. The third-order valence-electron chi connectivity index (χ3n) is 3.08. The van der Waals surface area contributed by atoms with Crippen molar-refractivity contribution in [3.63, 3.8) is 0 Å². The number of hydrogen-bond donors (Lipinski definition) is 2. The van der Waals surface area contributed by atoms with Crippen molar-refractivity contribution in [1.82, 2.24) is 5.32 Å². The summed E-state index contributed by atoms with van der Waals surface area (Å²) in [5.41, 5.74) is 5.19. The van der Waals surface area contributed by atoms with Gasteiger partial charge in [-0.3, -0.25) is 4.79 Å². The molecule has 1 rings (SSSR count). The second kappa shape index (κ2) is 6.50. The van der Waals surface area contributed by atoms with E-state index in [1.165, 1.54) is 0 Å². The summed E-state index contributed by atoms with van der Waals surface area (Å²) in [7, 11) is 0. The Morgan fingerprint density at radius 2 is 2.12 bits per heavy atom. The van der Waals surface area contributed by atoms with E-state index in [-0.39, 0.29) is 5.91 Å². The van der Waals surface area contributed by atoms with Crippen molar-refractivity contribution in [1.29, 1.82) is 0 Å². The van der Waals surface area contributed by atoms with Gasteiger partial charge in [0.2, 0.25) is 5.91 Å². The summed E-state index contributed by atoms with van der Waals surface area (Å²) < 4.78 is 0. The first-order valence-corrected chi connectivity index (χ1v) is 7.45. The molecule has 4 heteroatoms. The molecule has 0 heterocycles. The summed E-state index contributed by atoms with van der Waals surface area (Å²) >= 11 is 1.84. The summed E-state index contributed by atoms with van der Waals surface area (Å²) in [6.45, 7) is 5.16. The van der Waals surface area contributed by atoms with Gasteiger partial charge >= 0.3 is 0 Å². The van der Waals surface area contributed by atoms with Gasteiger partial charge in [0.25, 0.3) is 0 Å². The Bertz CT molecular complexity index is 231. The molecule has 1 fully saturated rings. The minimum Gasteiger partial charge on any atom is -0.368 e. The number of amides is 1. The summed E-state index contributed by atoms with van der Waals surface area (Å²) in [5, 5.41) is 3.41. The first-order chi connectivity index (χ1) is 7.67. The van der Waals surface area contributed by atoms with Crippen LogP contribution in [0.2, 0.25) is 0 Å². The smallest absolute Gasteiger partial charge is 0.238 e. The molecule has 0 aliphatic heterocycles. The topological polar surface area (TPSA) is 55.1 Å². The Labute approximate surface area is 103 Å². The van der Waals surface area contributed by atoms with Crippen LogP contribution in [0.5, 0.6) is 0 Å². The molecule has 1 atom stereocenters. The van der Waals surface area contributed by atoms with Crippen LogP contribution < -0.4 is 11.1 Å². The molecule has 0 radical (unpaired) electrons. The van der Waals surface area contributed by atoms with Crippen LogP contribution in [-0.4, -0.2) is 29.5 Å². The predicted octanol–water partition coefficient (Wildman–Crippen LogP) is 1.76. The molecular weight excluding hydrogens is 220 g/mol. The highest BCUT2D eigenvalue weighted by molar-refractivity contribution is 7.99. The van der Waals surface area contributed by atoms with Crippen LogP contribution in [0.25, 0.3) is 0 Å². The summed E-state index contributed by atoms with van der Waals surface area (Å²) in [6, 6.07) is 0. The normalized spacial score (nSPS) is 19.4. The molecule has 94 valence electrons. The van der Waals surface area contributed by atoms with Crippen molar-refractivity contribution in [3.8, 4) is 0 Å². The van der Waals surface area contributed by atoms with Gasteiger partial charge in [0, 0.05) is 5.75 Å². The van der Waals surface area contributed by atoms with Gasteiger partial charge in [-0.15, -0.1) is 0 Å². The third kappa shape index (κ3) is 3.39. The Morgan fingerprint density at radius 1 is 1.44 bits per heavy atom. The van der Waals surface area contributed by atoms with Crippen LogP contribution in [0.3, 0.4) is 0 Å². The van der Waals surface area contributed by atoms with E-state index in [2.05, 4.69) is 19.2 Å². The van der Waals surface area contributed by atoms with E-state index < -0.39 is 5.54 Å². The number of rotatable bonds is 9. The molecule has 0 bridgehead atoms. The van der Waals surface area contributed by atoms with Crippen molar-refractivity contribution in [3.05, 3.63) is 0 Å². The minimum absolute atomic E-state index is 0.160. The standard InChI is InChI=1S/C12H24N2OS/c1-3-7-14-12(11(13)15,10-5-6-10)9-16-8-4-2/h10,14H,3-9H2,1-2H3,(H2,13,15). The molecule has 1 aliphatic rings. The highest BCUT2D eigenvalue weighted by atomic mass is 32.2. The van der Waals surface area contributed by atoms with E-state index in [1.54, 1.807) is 0 Å². The van der Waals surface area contributed by atoms with Crippen LogP contribution in [0.15, 0.2) is 0 Å². The second-order valence-corrected chi connectivity index (χ2v) is 5.69. The first-order valence-electron chi connectivity index (χ1n) is 6.30. The van der Waals surface area contributed by atoms with Crippen LogP contribution in [-0.2, 0) is 4.79 Å². The average molecular weight is 244 g/mol. The SMILES string of the molecule is CCCNC(CSCCC)(C(N)=O)C1CC1. The molecule has 1 saturated carbocycles. The Balaban J connectivity index is 2.59. The third-order valence-corrected chi connectivity index (χ3v) is 4.44. The van der Waals surface area contributed by atoms with Gasteiger partial charge in [-0.25, -0.2) is 0 Å². The molecule has 1 aliphatic carbocycles. The fourth-order valence-corrected chi connectivity index (χ4v) is 3.21. The van der Waals surface area contributed by atoms with E-state index in [4.69, 9.17) is 5.73 Å². The Morgan fingerprint density at radius 3 is 2.56 bits per heavy atom. The van der Waals surface area contributed by atoms with Crippen molar-refractivity contribution >= 4 is 17.7 Å². The number of nitrogens with two attached hydrogens (primary N) is 1. The lowest BCUT2D eigenvalue weighted by Gasteiger charge is -2.31. The molecule has 1 unspecified atom stereocenters. The fourth-order valence-electron chi connectivity index (χ4n) is 1.97. The fraction of sp³-hybridized carbons (Fsp3) is 0.917. The van der Waals surface area contributed by atoms with Gasteiger partial charge in [-0.2, -0.15) is 11.8 Å². The van der Waals surface area contributed by atoms with E-state index in [0.29, 0.717) is 5.92 Å². The van der Waals surface area contributed by atoms with Crippen LogP contribution in [0.4, 0.5) is 0 Å². The minimum atomic E-state index is -0.435. The van der Waals surface area contributed by atoms with Gasteiger partial charge in [0.15, 0.2) is 0 Å². The monoisotopic (exact) mass is 244 g/mol. The Hall–Kier alpha value is -0.220. The molecule has 0 aromatic carbocycles. The van der Waals surface area contributed by atoms with Crippen molar-refractivity contribution in [2.24, 2.45) is 11.7 Å². The maximum atomic E-state index is 11.7. The van der Waals surface area contributed by atoms with E-state index >= 15 is 0 Å². The van der Waals surface area contributed by atoms with Gasteiger partial charge in [-0.1, -0.05) is 13.8 Å². The van der Waals surface area contributed by atoms with E-state index in [9.17, 15) is 4.79 Å². The zero-order valence-corrected chi connectivity index (χ0v) is 11.2. The summed E-state index contributed by atoms with van der Waals surface area (Å²) in [6.07, 6.45) is 4.48. The Kier molecular flexibility index (Phi) is 5.62. The van der Waals surface area contributed by atoms with E-state index in [1.807, 2.05) is 11.8 Å². The molecular formula is C12H24N2OS. The zero-order valence-electron chi connectivity index (χ0n) is 10.4. The number of primary amides is 1. The largest absolute Gasteiger partial charge is 0.368 e.